The van der Waals surface area contributed by atoms with Crippen LogP contribution < -0.4 is 14.2 Å². The van der Waals surface area contributed by atoms with Crippen molar-refractivity contribution in [1.82, 2.24) is 0 Å². The number of hydrogen-bond acceptors (Lipinski definition) is 4. The average Bonchev–Trinajstić information content (AvgIpc) is 2.57. The normalized spacial score (nSPS) is 13.0. The topological polar surface area (TPSA) is 47.9 Å². The van der Waals surface area contributed by atoms with Gasteiger partial charge in [0.15, 0.2) is 11.5 Å². The first-order valence-corrected chi connectivity index (χ1v) is 7.02. The molecule has 0 atom stereocenters. The second-order valence-electron chi connectivity index (χ2n) is 5.16. The molecule has 1 heterocycles. The number of phenols is 1. The predicted molar refractivity (Wildman–Crippen MR) is 85.8 cm³/mol. The third-order valence-electron chi connectivity index (χ3n) is 3.86. The number of hydrogen-bond donors (Lipinski definition) is 1. The van der Waals surface area contributed by atoms with E-state index in [0.717, 1.165) is 28.0 Å². The molecule has 2 aromatic rings. The number of phenolic OH excluding ortho intramolecular Hbond substituents is 1. The van der Waals surface area contributed by atoms with Crippen molar-refractivity contribution in [3.05, 3.63) is 47.0 Å². The van der Waals surface area contributed by atoms with E-state index >= 15 is 0 Å². The van der Waals surface area contributed by atoms with Gasteiger partial charge in [0.2, 0.25) is 0 Å². The molecule has 0 saturated heterocycles. The highest BCUT2D eigenvalue weighted by atomic mass is 16.5. The zero-order valence-electron chi connectivity index (χ0n) is 12.8. The van der Waals surface area contributed by atoms with Crippen molar-refractivity contribution < 1.29 is 19.3 Å². The SMILES string of the molecule is COc1ccc(C2=Cc3ccc(O)c(C)c3OC2)cc1OC. The fourth-order valence-electron chi connectivity index (χ4n) is 2.59. The summed E-state index contributed by atoms with van der Waals surface area (Å²) in [6.45, 7) is 2.30. The van der Waals surface area contributed by atoms with Crippen LogP contribution in [0.4, 0.5) is 0 Å². The molecule has 0 aromatic heterocycles. The lowest BCUT2D eigenvalue weighted by Gasteiger charge is -2.21. The Balaban J connectivity index is 2.03. The first-order valence-electron chi connectivity index (χ1n) is 7.02. The van der Waals surface area contributed by atoms with Crippen molar-refractivity contribution in [2.45, 2.75) is 6.92 Å². The van der Waals surface area contributed by atoms with Crippen molar-refractivity contribution in [3.8, 4) is 23.0 Å². The van der Waals surface area contributed by atoms with Crippen LogP contribution in [0, 0.1) is 6.92 Å². The predicted octanol–water partition coefficient (Wildman–Crippen LogP) is 3.65. The van der Waals surface area contributed by atoms with Crippen LogP contribution in [0.3, 0.4) is 0 Å². The molecule has 4 nitrogen and oxygen atoms in total. The lowest BCUT2D eigenvalue weighted by molar-refractivity contribution is 0.353. The molecule has 22 heavy (non-hydrogen) atoms. The quantitative estimate of drug-likeness (QED) is 0.939. The van der Waals surface area contributed by atoms with Crippen LogP contribution in [-0.4, -0.2) is 25.9 Å². The first kappa shape index (κ1) is 14.3. The zero-order chi connectivity index (χ0) is 15.7. The number of methoxy groups -OCH3 is 2. The Bertz CT molecular complexity index is 747. The summed E-state index contributed by atoms with van der Waals surface area (Å²) in [6, 6.07) is 9.34. The second kappa shape index (κ2) is 5.64. The molecule has 1 N–H and O–H groups in total. The van der Waals surface area contributed by atoms with E-state index in [0.29, 0.717) is 18.1 Å². The van der Waals surface area contributed by atoms with E-state index < -0.39 is 0 Å². The highest BCUT2D eigenvalue weighted by molar-refractivity contribution is 5.87. The summed E-state index contributed by atoms with van der Waals surface area (Å²) in [5.74, 6) is 2.38. The number of aromatic hydroxyl groups is 1. The van der Waals surface area contributed by atoms with Crippen LogP contribution in [0.25, 0.3) is 11.6 Å². The maximum Gasteiger partial charge on any atom is 0.161 e. The molecule has 1 aliphatic heterocycles. The third-order valence-corrected chi connectivity index (χ3v) is 3.86. The Morgan fingerprint density at radius 3 is 2.55 bits per heavy atom. The molecular weight excluding hydrogens is 280 g/mol. The summed E-state index contributed by atoms with van der Waals surface area (Å²) >= 11 is 0. The summed E-state index contributed by atoms with van der Waals surface area (Å²) < 4.78 is 16.4. The third kappa shape index (κ3) is 2.37. The molecule has 4 heteroatoms. The largest absolute Gasteiger partial charge is 0.508 e. The molecule has 0 fully saturated rings. The van der Waals surface area contributed by atoms with Gasteiger partial charge in [-0.1, -0.05) is 6.07 Å². The van der Waals surface area contributed by atoms with Gasteiger partial charge in [-0.3, -0.25) is 0 Å². The minimum atomic E-state index is 0.252. The lowest BCUT2D eigenvalue weighted by atomic mass is 9.98. The summed E-state index contributed by atoms with van der Waals surface area (Å²) in [5.41, 5.74) is 3.80. The molecule has 0 unspecified atom stereocenters. The molecule has 3 rings (SSSR count). The number of ether oxygens (including phenoxy) is 3. The smallest absolute Gasteiger partial charge is 0.161 e. The Labute approximate surface area is 129 Å². The van der Waals surface area contributed by atoms with Gasteiger partial charge in [-0.15, -0.1) is 0 Å². The van der Waals surface area contributed by atoms with Crippen molar-refractivity contribution in [2.24, 2.45) is 0 Å². The Kier molecular flexibility index (Phi) is 3.67. The van der Waals surface area contributed by atoms with E-state index in [1.165, 1.54) is 0 Å². The average molecular weight is 298 g/mol. The van der Waals surface area contributed by atoms with Gasteiger partial charge in [0, 0.05) is 11.1 Å². The van der Waals surface area contributed by atoms with E-state index in [1.54, 1.807) is 20.3 Å². The molecule has 0 radical (unpaired) electrons. The highest BCUT2D eigenvalue weighted by Gasteiger charge is 2.17. The van der Waals surface area contributed by atoms with Gasteiger partial charge in [-0.25, -0.2) is 0 Å². The molecule has 0 bridgehead atoms. The molecule has 2 aromatic carbocycles. The van der Waals surface area contributed by atoms with Crippen LogP contribution in [0.5, 0.6) is 23.0 Å². The highest BCUT2D eigenvalue weighted by Crippen LogP contribution is 2.38. The van der Waals surface area contributed by atoms with E-state index in [9.17, 15) is 5.11 Å². The van der Waals surface area contributed by atoms with Crippen LogP contribution in [-0.2, 0) is 0 Å². The van der Waals surface area contributed by atoms with Crippen molar-refractivity contribution in [2.75, 3.05) is 20.8 Å². The van der Waals surface area contributed by atoms with Gasteiger partial charge in [0.1, 0.15) is 18.1 Å². The number of rotatable bonds is 3. The Hall–Kier alpha value is -2.62. The molecule has 0 amide bonds. The number of fused-ring (bicyclic) bond motifs is 1. The summed E-state index contributed by atoms with van der Waals surface area (Å²) in [5, 5.41) is 9.75. The summed E-state index contributed by atoms with van der Waals surface area (Å²) in [6.07, 6.45) is 2.08. The van der Waals surface area contributed by atoms with Crippen LogP contribution in [0.2, 0.25) is 0 Å². The van der Waals surface area contributed by atoms with E-state index in [2.05, 4.69) is 6.08 Å². The standard InChI is InChI=1S/C18H18O4/c1-11-15(19)6-4-13-8-14(10-22-18(11)13)12-5-7-16(20-2)17(9-12)21-3/h4-9,19H,10H2,1-3H3. The lowest BCUT2D eigenvalue weighted by Crippen LogP contribution is -2.08. The van der Waals surface area contributed by atoms with Crippen LogP contribution >= 0.6 is 0 Å². The maximum absolute atomic E-state index is 9.75. The maximum atomic E-state index is 9.75. The second-order valence-corrected chi connectivity index (χ2v) is 5.16. The fraction of sp³-hybridized carbons (Fsp3) is 0.222. The molecule has 0 saturated carbocycles. The summed E-state index contributed by atoms with van der Waals surface area (Å²) in [4.78, 5) is 0. The van der Waals surface area contributed by atoms with Gasteiger partial charge < -0.3 is 19.3 Å². The zero-order valence-corrected chi connectivity index (χ0v) is 12.8. The van der Waals surface area contributed by atoms with Crippen molar-refractivity contribution in [1.29, 1.82) is 0 Å². The minimum absolute atomic E-state index is 0.252. The van der Waals surface area contributed by atoms with E-state index in [1.807, 2.05) is 31.2 Å². The molecule has 114 valence electrons. The van der Waals surface area contributed by atoms with Gasteiger partial charge in [0.25, 0.3) is 0 Å². The van der Waals surface area contributed by atoms with E-state index in [4.69, 9.17) is 14.2 Å². The minimum Gasteiger partial charge on any atom is -0.508 e. The summed E-state index contributed by atoms with van der Waals surface area (Å²) in [7, 11) is 3.24. The molecule has 0 aliphatic carbocycles. The number of benzene rings is 2. The Morgan fingerprint density at radius 1 is 1.05 bits per heavy atom. The van der Waals surface area contributed by atoms with Gasteiger partial charge >= 0.3 is 0 Å². The van der Waals surface area contributed by atoms with Crippen LogP contribution in [0.1, 0.15) is 16.7 Å². The van der Waals surface area contributed by atoms with Gasteiger partial charge in [-0.05, 0) is 48.4 Å². The molecule has 1 aliphatic rings. The van der Waals surface area contributed by atoms with Crippen molar-refractivity contribution >= 4 is 11.6 Å². The first-order chi connectivity index (χ1) is 10.6. The monoisotopic (exact) mass is 298 g/mol. The fourth-order valence-corrected chi connectivity index (χ4v) is 2.59. The Morgan fingerprint density at radius 2 is 1.82 bits per heavy atom. The van der Waals surface area contributed by atoms with Gasteiger partial charge in [-0.2, -0.15) is 0 Å². The van der Waals surface area contributed by atoms with E-state index in [-0.39, 0.29) is 5.75 Å². The van der Waals surface area contributed by atoms with Gasteiger partial charge in [0.05, 0.1) is 14.2 Å². The van der Waals surface area contributed by atoms with Crippen molar-refractivity contribution in [3.63, 3.8) is 0 Å². The van der Waals surface area contributed by atoms with Crippen LogP contribution in [0.15, 0.2) is 30.3 Å². The molecular formula is C18H18O4. The molecule has 0 spiro atoms.